The fourth-order valence-corrected chi connectivity index (χ4v) is 1.82. The summed E-state index contributed by atoms with van der Waals surface area (Å²) in [5, 5.41) is 7.03. The number of amides is 1. The van der Waals surface area contributed by atoms with E-state index in [0.29, 0.717) is 13.2 Å². The molecule has 0 radical (unpaired) electrons. The molecule has 0 spiro atoms. The zero-order valence-electron chi connectivity index (χ0n) is 12.3. The first-order valence-corrected chi connectivity index (χ1v) is 6.98. The Morgan fingerprint density at radius 2 is 2.33 bits per heavy atom. The molecule has 0 fully saturated rings. The average molecular weight is 288 g/mol. The van der Waals surface area contributed by atoms with Crippen LogP contribution in [-0.4, -0.2) is 33.8 Å². The third-order valence-corrected chi connectivity index (χ3v) is 3.03. The first-order valence-electron chi connectivity index (χ1n) is 6.98. The highest BCUT2D eigenvalue weighted by Crippen LogP contribution is 2.07. The van der Waals surface area contributed by atoms with E-state index in [1.54, 1.807) is 23.3 Å². The molecule has 6 nitrogen and oxygen atoms in total. The summed E-state index contributed by atoms with van der Waals surface area (Å²) in [7, 11) is 0. The van der Waals surface area contributed by atoms with Crippen LogP contribution >= 0.6 is 0 Å². The minimum absolute atomic E-state index is 0.0422. The minimum atomic E-state index is -0.307. The molecule has 2 rings (SSSR count). The van der Waals surface area contributed by atoms with Crippen LogP contribution in [0, 0.1) is 6.92 Å². The van der Waals surface area contributed by atoms with Gasteiger partial charge in [-0.1, -0.05) is 0 Å². The summed E-state index contributed by atoms with van der Waals surface area (Å²) in [5.74, 6) is 0.698. The fraction of sp³-hybridized carbons (Fsp3) is 0.400. The van der Waals surface area contributed by atoms with Gasteiger partial charge in [0, 0.05) is 18.9 Å². The summed E-state index contributed by atoms with van der Waals surface area (Å²) in [4.78, 5) is 15.9. The van der Waals surface area contributed by atoms with Gasteiger partial charge in [0.25, 0.3) is 0 Å². The van der Waals surface area contributed by atoms with E-state index < -0.39 is 0 Å². The predicted octanol–water partition coefficient (Wildman–Crippen LogP) is 1.73. The van der Waals surface area contributed by atoms with E-state index in [0.717, 1.165) is 17.7 Å². The number of nitrogens with zero attached hydrogens (tertiary/aromatic N) is 3. The number of nitrogens with one attached hydrogen (secondary N) is 1. The van der Waals surface area contributed by atoms with Crippen LogP contribution in [0.3, 0.4) is 0 Å². The Balaban J connectivity index is 1.65. The van der Waals surface area contributed by atoms with Crippen molar-refractivity contribution in [2.24, 2.45) is 0 Å². The van der Waals surface area contributed by atoms with Crippen molar-refractivity contribution in [3.8, 4) is 5.75 Å². The number of pyridine rings is 1. The minimum Gasteiger partial charge on any atom is -0.492 e. The van der Waals surface area contributed by atoms with Crippen molar-refractivity contribution in [3.05, 3.63) is 42.5 Å². The lowest BCUT2D eigenvalue weighted by molar-refractivity contribution is -0.124. The average Bonchev–Trinajstić information content (AvgIpc) is 2.93. The smallest absolute Gasteiger partial charge is 0.244 e. The molecule has 112 valence electrons. The summed E-state index contributed by atoms with van der Waals surface area (Å²) in [6.45, 7) is 4.89. The molecule has 0 aliphatic carbocycles. The van der Waals surface area contributed by atoms with Crippen LogP contribution in [0.4, 0.5) is 0 Å². The van der Waals surface area contributed by atoms with Gasteiger partial charge in [-0.15, -0.1) is 0 Å². The number of carbonyl (C=O) groups excluding carboxylic acids is 1. The Morgan fingerprint density at radius 1 is 1.48 bits per heavy atom. The van der Waals surface area contributed by atoms with E-state index in [1.165, 1.54) is 0 Å². The predicted molar refractivity (Wildman–Crippen MR) is 79.0 cm³/mol. The molecule has 2 heterocycles. The van der Waals surface area contributed by atoms with Crippen LogP contribution in [0.15, 0.2) is 36.9 Å². The van der Waals surface area contributed by atoms with Gasteiger partial charge >= 0.3 is 0 Å². The first kappa shape index (κ1) is 15.0. The number of hydrogen-bond acceptors (Lipinski definition) is 4. The zero-order valence-corrected chi connectivity index (χ0v) is 12.3. The van der Waals surface area contributed by atoms with Crippen molar-refractivity contribution < 1.29 is 9.53 Å². The van der Waals surface area contributed by atoms with Gasteiger partial charge in [0.2, 0.25) is 5.91 Å². The van der Waals surface area contributed by atoms with Crippen LogP contribution in [-0.2, 0) is 4.79 Å². The monoisotopic (exact) mass is 288 g/mol. The van der Waals surface area contributed by atoms with Gasteiger partial charge in [0.1, 0.15) is 11.8 Å². The summed E-state index contributed by atoms with van der Waals surface area (Å²) in [6, 6.07) is 3.37. The van der Waals surface area contributed by atoms with Crippen molar-refractivity contribution in [1.29, 1.82) is 0 Å². The normalized spacial score (nSPS) is 11.9. The maximum absolute atomic E-state index is 12.0. The second-order valence-corrected chi connectivity index (χ2v) is 4.86. The Morgan fingerprint density at radius 3 is 3.00 bits per heavy atom. The number of rotatable bonds is 7. The highest BCUT2D eigenvalue weighted by Gasteiger charge is 2.14. The van der Waals surface area contributed by atoms with Gasteiger partial charge in [0.05, 0.1) is 19.0 Å². The maximum Gasteiger partial charge on any atom is 0.244 e. The standard InChI is InChI=1S/C15H20N4O2/c1-12-9-18-19(11-12)13(2)15(20)17-7-4-8-21-14-5-3-6-16-10-14/h3,5-6,9-11,13H,4,7-8H2,1-2H3,(H,17,20)/t13-/m0/s1. The van der Waals surface area contributed by atoms with Crippen molar-refractivity contribution in [1.82, 2.24) is 20.1 Å². The molecular weight excluding hydrogens is 268 g/mol. The molecule has 0 unspecified atom stereocenters. The third-order valence-electron chi connectivity index (χ3n) is 3.03. The van der Waals surface area contributed by atoms with Crippen LogP contribution in [0.5, 0.6) is 5.75 Å². The molecular formula is C15H20N4O2. The lowest BCUT2D eigenvalue weighted by Gasteiger charge is -2.12. The molecule has 1 N–H and O–H groups in total. The summed E-state index contributed by atoms with van der Waals surface area (Å²) in [6.07, 6.45) is 7.71. The SMILES string of the molecule is Cc1cnn([C@@H](C)C(=O)NCCCOc2cccnc2)c1. The number of aromatic nitrogens is 3. The van der Waals surface area contributed by atoms with E-state index >= 15 is 0 Å². The van der Waals surface area contributed by atoms with Crippen molar-refractivity contribution in [2.75, 3.05) is 13.2 Å². The molecule has 0 aromatic carbocycles. The maximum atomic E-state index is 12.0. The third kappa shape index (κ3) is 4.59. The zero-order chi connectivity index (χ0) is 15.1. The second kappa shape index (κ2) is 7.42. The molecule has 6 heteroatoms. The topological polar surface area (TPSA) is 69.0 Å². The number of aryl methyl sites for hydroxylation is 1. The summed E-state index contributed by atoms with van der Waals surface area (Å²) in [5.41, 5.74) is 1.04. The van der Waals surface area contributed by atoms with Crippen molar-refractivity contribution in [3.63, 3.8) is 0 Å². The van der Waals surface area contributed by atoms with E-state index in [-0.39, 0.29) is 11.9 Å². The highest BCUT2D eigenvalue weighted by molar-refractivity contribution is 5.79. The van der Waals surface area contributed by atoms with Crippen molar-refractivity contribution in [2.45, 2.75) is 26.3 Å². The molecule has 2 aromatic heterocycles. The molecule has 0 saturated heterocycles. The Kier molecular flexibility index (Phi) is 5.31. The molecule has 0 aliphatic rings. The van der Waals surface area contributed by atoms with Crippen LogP contribution in [0.25, 0.3) is 0 Å². The Labute approximate surface area is 124 Å². The van der Waals surface area contributed by atoms with Crippen LogP contribution in [0.2, 0.25) is 0 Å². The molecule has 1 amide bonds. The second-order valence-electron chi connectivity index (χ2n) is 4.86. The Hall–Kier alpha value is -2.37. The van der Waals surface area contributed by atoms with E-state index in [9.17, 15) is 4.79 Å². The van der Waals surface area contributed by atoms with Gasteiger partial charge in [0.15, 0.2) is 0 Å². The van der Waals surface area contributed by atoms with E-state index in [4.69, 9.17) is 4.74 Å². The molecule has 2 aromatic rings. The summed E-state index contributed by atoms with van der Waals surface area (Å²) >= 11 is 0. The van der Waals surface area contributed by atoms with Gasteiger partial charge in [-0.25, -0.2) is 0 Å². The van der Waals surface area contributed by atoms with Crippen LogP contribution < -0.4 is 10.1 Å². The largest absolute Gasteiger partial charge is 0.492 e. The van der Waals surface area contributed by atoms with Gasteiger partial charge in [-0.05, 0) is 38.0 Å². The number of carbonyl (C=O) groups is 1. The lowest BCUT2D eigenvalue weighted by atomic mass is 10.3. The van der Waals surface area contributed by atoms with Gasteiger partial charge in [-0.3, -0.25) is 14.5 Å². The molecule has 0 aliphatic heterocycles. The number of hydrogen-bond donors (Lipinski definition) is 1. The summed E-state index contributed by atoms with van der Waals surface area (Å²) < 4.78 is 7.17. The molecule has 0 bridgehead atoms. The first-order chi connectivity index (χ1) is 10.2. The molecule has 21 heavy (non-hydrogen) atoms. The van der Waals surface area contributed by atoms with Gasteiger partial charge in [-0.2, -0.15) is 5.10 Å². The fourth-order valence-electron chi connectivity index (χ4n) is 1.82. The van der Waals surface area contributed by atoms with E-state index in [1.807, 2.05) is 32.2 Å². The Bertz CT molecular complexity index is 568. The van der Waals surface area contributed by atoms with Crippen molar-refractivity contribution >= 4 is 5.91 Å². The highest BCUT2D eigenvalue weighted by atomic mass is 16.5. The van der Waals surface area contributed by atoms with E-state index in [2.05, 4.69) is 15.4 Å². The lowest BCUT2D eigenvalue weighted by Crippen LogP contribution is -2.32. The number of ether oxygens (including phenoxy) is 1. The van der Waals surface area contributed by atoms with Crippen LogP contribution in [0.1, 0.15) is 24.9 Å². The molecule has 1 atom stereocenters. The molecule has 0 saturated carbocycles. The quantitative estimate of drug-likeness (QED) is 0.788. The van der Waals surface area contributed by atoms with Gasteiger partial charge < -0.3 is 10.1 Å².